The number of likely N-dealkylation sites (tertiary alicyclic amines) is 1. The normalized spacial score (nSPS) is 24.9. The Hall–Kier alpha value is -0.830. The van der Waals surface area contributed by atoms with Gasteiger partial charge in [-0.25, -0.2) is 0 Å². The van der Waals surface area contributed by atoms with Crippen LogP contribution >= 0.6 is 0 Å². The minimum atomic E-state index is 0.0626. The number of nitrogens with zero attached hydrogens (tertiary/aromatic N) is 1. The number of amides is 1. The molecule has 0 spiro atoms. The number of carbonyl (C=O) groups is 1. The van der Waals surface area contributed by atoms with E-state index < -0.39 is 0 Å². The Morgan fingerprint density at radius 1 is 1.53 bits per heavy atom. The molecule has 0 aromatic carbocycles. The average Bonchev–Trinajstić information content (AvgIpc) is 2.88. The van der Waals surface area contributed by atoms with E-state index in [1.807, 2.05) is 4.90 Å². The maximum atomic E-state index is 12.1. The van der Waals surface area contributed by atoms with Crippen LogP contribution in [0.1, 0.15) is 46.0 Å². The molecule has 3 nitrogen and oxygen atoms in total. The van der Waals surface area contributed by atoms with E-state index in [0.29, 0.717) is 11.9 Å². The van der Waals surface area contributed by atoms with Gasteiger partial charge in [-0.05, 0) is 32.1 Å². The molecule has 96 valence electrons. The highest BCUT2D eigenvalue weighted by Crippen LogP contribution is 2.22. The highest BCUT2D eigenvalue weighted by molar-refractivity contribution is 5.84. The molecule has 1 unspecified atom stereocenters. The molecule has 2 rings (SSSR count). The molecular formula is C14H24N2O. The van der Waals surface area contributed by atoms with Crippen molar-refractivity contribution in [3.63, 3.8) is 0 Å². The summed E-state index contributed by atoms with van der Waals surface area (Å²) in [7, 11) is 0. The maximum absolute atomic E-state index is 12.1. The Bertz CT molecular complexity index is 309. The molecule has 1 atom stereocenters. The Kier molecular flexibility index (Phi) is 4.21. The van der Waals surface area contributed by atoms with Crippen LogP contribution in [0.2, 0.25) is 0 Å². The Morgan fingerprint density at radius 3 is 3.00 bits per heavy atom. The summed E-state index contributed by atoms with van der Waals surface area (Å²) in [5.41, 5.74) is 1.55. The summed E-state index contributed by atoms with van der Waals surface area (Å²) in [6, 6.07) is 0.453. The second kappa shape index (κ2) is 5.67. The van der Waals surface area contributed by atoms with Gasteiger partial charge in [0, 0.05) is 19.1 Å². The van der Waals surface area contributed by atoms with Crippen LogP contribution in [0.5, 0.6) is 0 Å². The first-order chi connectivity index (χ1) is 8.16. The number of allylic oxidation sites excluding steroid dienone is 1. The van der Waals surface area contributed by atoms with Crippen LogP contribution in [0.3, 0.4) is 0 Å². The van der Waals surface area contributed by atoms with Crippen LogP contribution in [0.4, 0.5) is 0 Å². The zero-order valence-electron chi connectivity index (χ0n) is 11.0. The van der Waals surface area contributed by atoms with Gasteiger partial charge in [-0.1, -0.05) is 25.5 Å². The fourth-order valence-electron chi connectivity index (χ4n) is 2.76. The second-order valence-corrected chi connectivity index (χ2v) is 5.49. The third-order valence-corrected chi connectivity index (χ3v) is 3.67. The van der Waals surface area contributed by atoms with Crippen molar-refractivity contribution >= 4 is 5.91 Å². The van der Waals surface area contributed by atoms with Crippen molar-refractivity contribution in [2.24, 2.45) is 0 Å². The minimum absolute atomic E-state index is 0.0626. The van der Waals surface area contributed by atoms with Crippen molar-refractivity contribution in [1.29, 1.82) is 0 Å². The number of rotatable bonds is 5. The molecule has 1 heterocycles. The Labute approximate surface area is 104 Å². The molecule has 0 saturated carbocycles. The lowest BCUT2D eigenvalue weighted by Gasteiger charge is -2.18. The van der Waals surface area contributed by atoms with E-state index in [-0.39, 0.29) is 6.04 Å². The molecule has 1 saturated heterocycles. The molecule has 2 aliphatic rings. The first kappa shape index (κ1) is 12.6. The topological polar surface area (TPSA) is 32.3 Å². The Balaban J connectivity index is 1.77. The summed E-state index contributed by atoms with van der Waals surface area (Å²) < 4.78 is 0. The molecule has 1 amide bonds. The highest BCUT2D eigenvalue weighted by Gasteiger charge is 2.31. The second-order valence-electron chi connectivity index (χ2n) is 5.49. The molecule has 0 radical (unpaired) electrons. The number of carbonyl (C=O) groups excluding carboxylic acids is 1. The zero-order chi connectivity index (χ0) is 12.3. The lowest BCUT2D eigenvalue weighted by atomic mass is 10.1. The van der Waals surface area contributed by atoms with Gasteiger partial charge in [-0.2, -0.15) is 0 Å². The molecule has 0 aromatic rings. The summed E-state index contributed by atoms with van der Waals surface area (Å²) in [4.78, 5) is 14.1. The smallest absolute Gasteiger partial charge is 0.239 e. The largest absolute Gasteiger partial charge is 0.341 e. The van der Waals surface area contributed by atoms with E-state index in [2.05, 4.69) is 25.2 Å². The van der Waals surface area contributed by atoms with Gasteiger partial charge in [-0.3, -0.25) is 4.79 Å². The predicted octanol–water partition coefficient (Wildman–Crippen LogP) is 2.09. The SMILES string of the molecule is CC(C)NC1CCN(CCC2=CCCC2)C1=O. The van der Waals surface area contributed by atoms with Crippen LogP contribution in [0, 0.1) is 0 Å². The maximum Gasteiger partial charge on any atom is 0.239 e. The van der Waals surface area contributed by atoms with E-state index in [0.717, 1.165) is 25.9 Å². The molecule has 1 fully saturated rings. The van der Waals surface area contributed by atoms with E-state index in [1.54, 1.807) is 5.57 Å². The van der Waals surface area contributed by atoms with Crippen LogP contribution in [-0.4, -0.2) is 36.0 Å². The average molecular weight is 236 g/mol. The third kappa shape index (κ3) is 3.32. The van der Waals surface area contributed by atoms with E-state index in [4.69, 9.17) is 0 Å². The monoisotopic (exact) mass is 236 g/mol. The fraction of sp³-hybridized carbons (Fsp3) is 0.786. The summed E-state index contributed by atoms with van der Waals surface area (Å²) in [5.74, 6) is 0.303. The van der Waals surface area contributed by atoms with Gasteiger partial charge >= 0.3 is 0 Å². The summed E-state index contributed by atoms with van der Waals surface area (Å²) in [6.45, 7) is 6.04. The fourth-order valence-corrected chi connectivity index (χ4v) is 2.76. The molecule has 3 heteroatoms. The van der Waals surface area contributed by atoms with Gasteiger partial charge in [0.2, 0.25) is 5.91 Å². The minimum Gasteiger partial charge on any atom is -0.341 e. The van der Waals surface area contributed by atoms with Gasteiger partial charge in [0.1, 0.15) is 0 Å². The third-order valence-electron chi connectivity index (χ3n) is 3.67. The summed E-state index contributed by atoms with van der Waals surface area (Å²) >= 11 is 0. The lowest BCUT2D eigenvalue weighted by molar-refractivity contribution is -0.129. The molecule has 17 heavy (non-hydrogen) atoms. The predicted molar refractivity (Wildman–Crippen MR) is 69.8 cm³/mol. The van der Waals surface area contributed by atoms with Crippen molar-refractivity contribution in [1.82, 2.24) is 10.2 Å². The standard InChI is InChI=1S/C14H24N2O/c1-11(2)15-13-8-10-16(14(13)17)9-7-12-5-3-4-6-12/h5,11,13,15H,3-4,6-10H2,1-2H3. The first-order valence-electron chi connectivity index (χ1n) is 6.89. The van der Waals surface area contributed by atoms with Gasteiger partial charge < -0.3 is 10.2 Å². The molecule has 1 N–H and O–H groups in total. The first-order valence-corrected chi connectivity index (χ1v) is 6.89. The van der Waals surface area contributed by atoms with Gasteiger partial charge in [0.25, 0.3) is 0 Å². The van der Waals surface area contributed by atoms with Crippen molar-refractivity contribution < 1.29 is 4.79 Å². The summed E-state index contributed by atoms with van der Waals surface area (Å²) in [5, 5.41) is 3.34. The molecular weight excluding hydrogens is 212 g/mol. The van der Waals surface area contributed by atoms with Gasteiger partial charge in [0.15, 0.2) is 0 Å². The van der Waals surface area contributed by atoms with Crippen molar-refractivity contribution in [3.05, 3.63) is 11.6 Å². The number of hydrogen-bond donors (Lipinski definition) is 1. The van der Waals surface area contributed by atoms with E-state index in [9.17, 15) is 4.79 Å². The van der Waals surface area contributed by atoms with Gasteiger partial charge in [-0.15, -0.1) is 0 Å². The number of hydrogen-bond acceptors (Lipinski definition) is 2. The van der Waals surface area contributed by atoms with Crippen LogP contribution in [0.15, 0.2) is 11.6 Å². The van der Waals surface area contributed by atoms with Crippen LogP contribution in [0.25, 0.3) is 0 Å². The van der Waals surface area contributed by atoms with Crippen LogP contribution < -0.4 is 5.32 Å². The molecule has 0 aromatic heterocycles. The molecule has 0 bridgehead atoms. The lowest BCUT2D eigenvalue weighted by Crippen LogP contribution is -2.41. The van der Waals surface area contributed by atoms with Crippen molar-refractivity contribution in [3.8, 4) is 0 Å². The van der Waals surface area contributed by atoms with E-state index in [1.165, 1.54) is 19.3 Å². The zero-order valence-corrected chi connectivity index (χ0v) is 11.0. The summed E-state index contributed by atoms with van der Waals surface area (Å²) in [6.07, 6.45) is 8.19. The van der Waals surface area contributed by atoms with Gasteiger partial charge in [0.05, 0.1) is 6.04 Å². The highest BCUT2D eigenvalue weighted by atomic mass is 16.2. The van der Waals surface area contributed by atoms with Crippen molar-refractivity contribution in [2.75, 3.05) is 13.1 Å². The Morgan fingerprint density at radius 2 is 2.35 bits per heavy atom. The molecule has 1 aliphatic carbocycles. The van der Waals surface area contributed by atoms with Crippen molar-refractivity contribution in [2.45, 2.75) is 58.0 Å². The number of nitrogens with one attached hydrogen (secondary N) is 1. The van der Waals surface area contributed by atoms with E-state index >= 15 is 0 Å². The quantitative estimate of drug-likeness (QED) is 0.741. The van der Waals surface area contributed by atoms with Crippen LogP contribution in [-0.2, 0) is 4.79 Å². The molecule has 1 aliphatic heterocycles.